The zero-order valence-corrected chi connectivity index (χ0v) is 20.0. The average molecular weight is 468 g/mol. The zero-order valence-electron chi connectivity index (χ0n) is 20.0. The molecule has 0 bridgehead atoms. The van der Waals surface area contributed by atoms with E-state index in [-0.39, 0.29) is 23.6 Å². The van der Waals surface area contributed by atoms with Crippen molar-refractivity contribution >= 4 is 23.1 Å². The first-order valence-electron chi connectivity index (χ1n) is 11.5. The SMILES string of the molecule is CCN(C(C)=O)c1ccc(OC)c(C2=C[C@@]3(CC[C@H](C(=O)OC)[C@H]3c3ccc(F)cc3)OC2)c1. The Morgan fingerprint density at radius 1 is 1.18 bits per heavy atom. The van der Waals surface area contributed by atoms with E-state index in [2.05, 4.69) is 6.08 Å². The molecule has 2 aromatic rings. The molecule has 1 saturated carbocycles. The summed E-state index contributed by atoms with van der Waals surface area (Å²) >= 11 is 0. The second kappa shape index (κ2) is 9.58. The van der Waals surface area contributed by atoms with Crippen molar-refractivity contribution in [1.82, 2.24) is 0 Å². The topological polar surface area (TPSA) is 65.1 Å². The van der Waals surface area contributed by atoms with Crippen LogP contribution in [-0.4, -0.2) is 44.8 Å². The van der Waals surface area contributed by atoms with Gasteiger partial charge in [-0.1, -0.05) is 12.1 Å². The molecule has 7 heteroatoms. The Bertz CT molecular complexity index is 1110. The number of hydrogen-bond donors (Lipinski definition) is 0. The van der Waals surface area contributed by atoms with E-state index in [1.54, 1.807) is 31.1 Å². The Morgan fingerprint density at radius 3 is 2.53 bits per heavy atom. The maximum atomic E-state index is 13.6. The highest BCUT2D eigenvalue weighted by atomic mass is 19.1. The van der Waals surface area contributed by atoms with Gasteiger partial charge in [0.15, 0.2) is 0 Å². The molecule has 1 aliphatic carbocycles. The highest BCUT2D eigenvalue weighted by molar-refractivity contribution is 5.92. The fourth-order valence-electron chi connectivity index (χ4n) is 5.41. The lowest BCUT2D eigenvalue weighted by molar-refractivity contribution is -0.146. The minimum atomic E-state index is -0.724. The van der Waals surface area contributed by atoms with E-state index in [0.717, 1.165) is 22.4 Å². The second-order valence-corrected chi connectivity index (χ2v) is 8.76. The summed E-state index contributed by atoms with van der Waals surface area (Å²) in [5.74, 6) is -0.696. The minimum Gasteiger partial charge on any atom is -0.496 e. The summed E-state index contributed by atoms with van der Waals surface area (Å²) < 4.78 is 30.8. The van der Waals surface area contributed by atoms with Gasteiger partial charge in [-0.15, -0.1) is 0 Å². The molecule has 180 valence electrons. The number of halogens is 1. The van der Waals surface area contributed by atoms with Crippen LogP contribution in [0.15, 0.2) is 48.5 Å². The molecule has 1 spiro atoms. The number of benzene rings is 2. The van der Waals surface area contributed by atoms with Crippen LogP contribution in [0.1, 0.15) is 43.7 Å². The molecule has 0 N–H and O–H groups in total. The molecule has 0 radical (unpaired) electrons. The van der Waals surface area contributed by atoms with Crippen molar-refractivity contribution in [2.75, 3.05) is 32.3 Å². The molecule has 1 fully saturated rings. The highest BCUT2D eigenvalue weighted by Crippen LogP contribution is 2.54. The smallest absolute Gasteiger partial charge is 0.309 e. The molecule has 0 unspecified atom stereocenters. The minimum absolute atomic E-state index is 0.0418. The Kier molecular flexibility index (Phi) is 6.75. The van der Waals surface area contributed by atoms with E-state index in [0.29, 0.717) is 31.7 Å². The largest absolute Gasteiger partial charge is 0.496 e. The Hall–Kier alpha value is -3.19. The molecule has 0 saturated heterocycles. The van der Waals surface area contributed by atoms with Crippen molar-refractivity contribution in [1.29, 1.82) is 0 Å². The van der Waals surface area contributed by atoms with Crippen molar-refractivity contribution in [3.8, 4) is 5.75 Å². The Labute approximate surface area is 199 Å². The van der Waals surface area contributed by atoms with Crippen molar-refractivity contribution in [2.24, 2.45) is 5.92 Å². The summed E-state index contributed by atoms with van der Waals surface area (Å²) in [6, 6.07) is 11.9. The lowest BCUT2D eigenvalue weighted by Gasteiger charge is -2.31. The van der Waals surface area contributed by atoms with Crippen LogP contribution in [0.25, 0.3) is 5.57 Å². The van der Waals surface area contributed by atoms with Gasteiger partial charge in [-0.3, -0.25) is 9.59 Å². The summed E-state index contributed by atoms with van der Waals surface area (Å²) in [4.78, 5) is 26.4. The molecule has 1 aliphatic heterocycles. The first-order valence-corrected chi connectivity index (χ1v) is 11.5. The van der Waals surface area contributed by atoms with Crippen LogP contribution in [0.4, 0.5) is 10.1 Å². The number of methoxy groups -OCH3 is 2. The van der Waals surface area contributed by atoms with Gasteiger partial charge >= 0.3 is 5.97 Å². The Morgan fingerprint density at radius 2 is 1.91 bits per heavy atom. The van der Waals surface area contributed by atoms with E-state index in [1.807, 2.05) is 25.1 Å². The average Bonchev–Trinajstić information content (AvgIpc) is 3.43. The molecule has 3 atom stereocenters. The van der Waals surface area contributed by atoms with Gasteiger partial charge in [-0.2, -0.15) is 0 Å². The maximum Gasteiger partial charge on any atom is 0.309 e. The Balaban J connectivity index is 1.78. The summed E-state index contributed by atoms with van der Waals surface area (Å²) in [7, 11) is 2.99. The van der Waals surface area contributed by atoms with Gasteiger partial charge in [-0.05, 0) is 67.3 Å². The van der Waals surface area contributed by atoms with E-state index in [1.165, 1.54) is 19.2 Å². The van der Waals surface area contributed by atoms with Crippen LogP contribution < -0.4 is 9.64 Å². The summed E-state index contributed by atoms with van der Waals surface area (Å²) in [5, 5.41) is 0. The number of hydrogen-bond acceptors (Lipinski definition) is 5. The zero-order chi connectivity index (χ0) is 24.5. The van der Waals surface area contributed by atoms with E-state index in [4.69, 9.17) is 14.2 Å². The molecular formula is C27H30FNO5. The standard InChI is InChI=1S/C27H30FNO5/c1-5-29(17(2)30)21-10-11-24(32-3)23(14-21)19-15-27(34-16-19)13-12-22(26(31)33-4)25(27)18-6-8-20(28)9-7-18/h6-11,14-15,22,25H,5,12-13,16H2,1-4H3/t22-,25+,27+/m0/s1. The molecule has 2 aliphatic rings. The van der Waals surface area contributed by atoms with E-state index < -0.39 is 11.5 Å². The van der Waals surface area contributed by atoms with Crippen LogP contribution in [0.5, 0.6) is 5.75 Å². The first kappa shape index (κ1) is 24.0. The predicted molar refractivity (Wildman–Crippen MR) is 127 cm³/mol. The highest BCUT2D eigenvalue weighted by Gasteiger charge is 2.54. The number of esters is 1. The number of nitrogens with zero attached hydrogens (tertiary/aromatic N) is 1. The van der Waals surface area contributed by atoms with Gasteiger partial charge < -0.3 is 19.1 Å². The van der Waals surface area contributed by atoms with Crippen LogP contribution in [0, 0.1) is 11.7 Å². The molecule has 0 aromatic heterocycles. The first-order chi connectivity index (χ1) is 16.3. The van der Waals surface area contributed by atoms with Gasteiger partial charge in [0, 0.05) is 30.6 Å². The van der Waals surface area contributed by atoms with Gasteiger partial charge in [0.05, 0.1) is 32.3 Å². The number of anilines is 1. The lowest BCUT2D eigenvalue weighted by Crippen LogP contribution is -2.34. The summed E-state index contributed by atoms with van der Waals surface area (Å²) in [5.41, 5.74) is 2.66. The lowest BCUT2D eigenvalue weighted by atomic mass is 9.79. The number of ether oxygens (including phenoxy) is 3. The molecule has 2 aromatic carbocycles. The number of carbonyl (C=O) groups excluding carboxylic acids is 2. The van der Waals surface area contributed by atoms with Crippen molar-refractivity contribution in [3.63, 3.8) is 0 Å². The van der Waals surface area contributed by atoms with Gasteiger partial charge in [-0.25, -0.2) is 4.39 Å². The quantitative estimate of drug-likeness (QED) is 0.575. The van der Waals surface area contributed by atoms with Crippen LogP contribution >= 0.6 is 0 Å². The fourth-order valence-corrected chi connectivity index (χ4v) is 5.41. The summed E-state index contributed by atoms with van der Waals surface area (Å²) in [6.45, 7) is 4.35. The molecule has 4 rings (SSSR count). The monoisotopic (exact) mass is 467 g/mol. The second-order valence-electron chi connectivity index (χ2n) is 8.76. The predicted octanol–water partition coefficient (Wildman–Crippen LogP) is 4.73. The van der Waals surface area contributed by atoms with Gasteiger partial charge in [0.1, 0.15) is 11.6 Å². The normalized spacial score (nSPS) is 23.6. The third-order valence-corrected chi connectivity index (χ3v) is 6.96. The maximum absolute atomic E-state index is 13.6. The van der Waals surface area contributed by atoms with Crippen molar-refractivity contribution < 1.29 is 28.2 Å². The van der Waals surface area contributed by atoms with Gasteiger partial charge in [0.25, 0.3) is 0 Å². The number of rotatable bonds is 6. The van der Waals surface area contributed by atoms with Gasteiger partial charge in [0.2, 0.25) is 5.91 Å². The number of carbonyl (C=O) groups is 2. The molecular weight excluding hydrogens is 437 g/mol. The third-order valence-electron chi connectivity index (χ3n) is 6.96. The summed E-state index contributed by atoms with van der Waals surface area (Å²) in [6.07, 6.45) is 3.31. The third kappa shape index (κ3) is 4.20. The molecule has 34 heavy (non-hydrogen) atoms. The van der Waals surface area contributed by atoms with Crippen molar-refractivity contribution in [3.05, 3.63) is 65.5 Å². The van der Waals surface area contributed by atoms with Crippen LogP contribution in [0.3, 0.4) is 0 Å². The molecule has 1 heterocycles. The van der Waals surface area contributed by atoms with Crippen LogP contribution in [-0.2, 0) is 19.1 Å². The number of amides is 1. The van der Waals surface area contributed by atoms with Crippen LogP contribution in [0.2, 0.25) is 0 Å². The van der Waals surface area contributed by atoms with E-state index in [9.17, 15) is 14.0 Å². The van der Waals surface area contributed by atoms with E-state index >= 15 is 0 Å². The van der Waals surface area contributed by atoms with Crippen molar-refractivity contribution in [2.45, 2.75) is 38.2 Å². The fraction of sp³-hybridized carbons (Fsp3) is 0.407. The molecule has 1 amide bonds. The molecule has 6 nitrogen and oxygen atoms in total.